The fraction of sp³-hybridized carbons (Fsp3) is 0.917. The Kier molecular flexibility index (Phi) is 5.54. The van der Waals surface area contributed by atoms with Gasteiger partial charge in [0.05, 0.1) is 12.7 Å². The lowest BCUT2D eigenvalue weighted by molar-refractivity contribution is -0.139. The highest BCUT2D eigenvalue weighted by Crippen LogP contribution is 2.15. The van der Waals surface area contributed by atoms with E-state index in [1.54, 1.807) is 13.8 Å². The maximum atomic E-state index is 12.2. The van der Waals surface area contributed by atoms with Crippen molar-refractivity contribution >= 4 is 16.0 Å². The van der Waals surface area contributed by atoms with E-state index in [1.807, 2.05) is 4.90 Å². The molecule has 20 heavy (non-hydrogen) atoms. The summed E-state index contributed by atoms with van der Waals surface area (Å²) in [5, 5.41) is 8.57. The van der Waals surface area contributed by atoms with Gasteiger partial charge >= 0.3 is 5.97 Å². The molecule has 0 amide bonds. The van der Waals surface area contributed by atoms with Crippen LogP contribution in [0.5, 0.6) is 0 Å². The van der Waals surface area contributed by atoms with Crippen LogP contribution in [-0.4, -0.2) is 79.4 Å². The van der Waals surface area contributed by atoms with Gasteiger partial charge in [0, 0.05) is 32.7 Å². The van der Waals surface area contributed by atoms with Gasteiger partial charge in [0.2, 0.25) is 10.0 Å². The number of piperazine rings is 1. The summed E-state index contributed by atoms with van der Waals surface area (Å²) >= 11 is 0. The molecule has 0 aromatic carbocycles. The molecule has 0 aromatic rings. The number of methoxy groups -OCH3 is 1. The Morgan fingerprint density at radius 3 is 2.20 bits per heavy atom. The van der Waals surface area contributed by atoms with Crippen LogP contribution in [0.25, 0.3) is 0 Å². The van der Waals surface area contributed by atoms with Crippen LogP contribution in [0.4, 0.5) is 0 Å². The van der Waals surface area contributed by atoms with Crippen LogP contribution in [0, 0.1) is 0 Å². The minimum Gasteiger partial charge on any atom is -0.468 e. The van der Waals surface area contributed by atoms with Gasteiger partial charge in [0.1, 0.15) is 0 Å². The number of aliphatic hydroxyl groups is 1. The van der Waals surface area contributed by atoms with Crippen molar-refractivity contribution in [2.24, 2.45) is 0 Å². The maximum absolute atomic E-state index is 12.2. The van der Waals surface area contributed by atoms with Gasteiger partial charge in [0.25, 0.3) is 0 Å². The average Bonchev–Trinajstić information content (AvgIpc) is 2.35. The molecule has 8 heteroatoms. The fourth-order valence-corrected chi connectivity index (χ4v) is 3.66. The Bertz CT molecular complexity index is 435. The van der Waals surface area contributed by atoms with Crippen LogP contribution in [0.2, 0.25) is 0 Å². The Hall–Kier alpha value is -0.700. The summed E-state index contributed by atoms with van der Waals surface area (Å²) in [5.74, 6) is -0.746. The van der Waals surface area contributed by atoms with E-state index in [-0.39, 0.29) is 0 Å². The van der Waals surface area contributed by atoms with E-state index >= 15 is 0 Å². The van der Waals surface area contributed by atoms with Gasteiger partial charge in [-0.1, -0.05) is 0 Å². The first kappa shape index (κ1) is 17.4. The first-order valence-electron chi connectivity index (χ1n) is 6.59. The second kappa shape index (κ2) is 6.38. The number of nitrogens with zero attached hydrogens (tertiary/aromatic N) is 2. The summed E-state index contributed by atoms with van der Waals surface area (Å²) in [6, 6.07) is 0. The number of ether oxygens (including phenoxy) is 1. The van der Waals surface area contributed by atoms with Crippen LogP contribution >= 0.6 is 0 Å². The minimum absolute atomic E-state index is 0.319. The zero-order valence-electron chi connectivity index (χ0n) is 12.5. The van der Waals surface area contributed by atoms with E-state index in [4.69, 9.17) is 0 Å². The van der Waals surface area contributed by atoms with Crippen LogP contribution in [0.1, 0.15) is 20.8 Å². The fourth-order valence-electron chi connectivity index (χ4n) is 2.20. The number of esters is 1. The Morgan fingerprint density at radius 1 is 1.30 bits per heavy atom. The minimum atomic E-state index is -3.67. The summed E-state index contributed by atoms with van der Waals surface area (Å²) in [6.45, 7) is 6.98. The van der Waals surface area contributed by atoms with E-state index < -0.39 is 26.8 Å². The molecule has 1 atom stereocenters. The van der Waals surface area contributed by atoms with Crippen LogP contribution in [0.3, 0.4) is 0 Å². The standard InChI is InChI=1S/C12H24N2O5S/c1-10(11(15)19-4)20(17,18)14-7-5-13(6-8-14)9-12(2,3)16/h10,16H,5-9H2,1-4H3. The number of β-amino-alcohol motifs (C(OH)–C–C–N with tert-alkyl or cyclic N) is 1. The van der Waals surface area contributed by atoms with Crippen molar-refractivity contribution in [1.82, 2.24) is 9.21 Å². The molecule has 1 heterocycles. The van der Waals surface area contributed by atoms with Gasteiger partial charge in [-0.2, -0.15) is 4.31 Å². The van der Waals surface area contributed by atoms with Crippen LogP contribution in [-0.2, 0) is 19.6 Å². The number of carbonyl (C=O) groups is 1. The Balaban J connectivity index is 2.63. The van der Waals surface area contributed by atoms with Crippen LogP contribution in [0.15, 0.2) is 0 Å². The highest BCUT2D eigenvalue weighted by molar-refractivity contribution is 7.90. The number of hydrogen-bond donors (Lipinski definition) is 1. The molecule has 0 saturated carbocycles. The predicted molar refractivity (Wildman–Crippen MR) is 74.7 cm³/mol. The molecule has 1 rings (SSSR count). The Labute approximate surface area is 120 Å². The van der Waals surface area contributed by atoms with Gasteiger partial charge in [-0.25, -0.2) is 8.42 Å². The average molecular weight is 308 g/mol. The van der Waals surface area contributed by atoms with E-state index in [0.717, 1.165) is 0 Å². The number of rotatable bonds is 5. The summed E-state index contributed by atoms with van der Waals surface area (Å²) in [7, 11) is -2.49. The first-order valence-corrected chi connectivity index (χ1v) is 8.10. The molecule has 0 aromatic heterocycles. The van der Waals surface area contributed by atoms with Crippen molar-refractivity contribution in [2.75, 3.05) is 39.8 Å². The van der Waals surface area contributed by atoms with Crippen molar-refractivity contribution in [3.63, 3.8) is 0 Å². The molecule has 0 radical (unpaired) electrons. The largest absolute Gasteiger partial charge is 0.468 e. The van der Waals surface area contributed by atoms with Gasteiger partial charge < -0.3 is 9.84 Å². The lowest BCUT2D eigenvalue weighted by Gasteiger charge is -2.37. The van der Waals surface area contributed by atoms with E-state index in [1.165, 1.54) is 18.3 Å². The maximum Gasteiger partial charge on any atom is 0.325 e. The van der Waals surface area contributed by atoms with Gasteiger partial charge in [0.15, 0.2) is 5.25 Å². The predicted octanol–water partition coefficient (Wildman–Crippen LogP) is -0.734. The molecule has 1 N–H and O–H groups in total. The molecule has 118 valence electrons. The molecule has 1 aliphatic rings. The van der Waals surface area contributed by atoms with E-state index in [9.17, 15) is 18.3 Å². The van der Waals surface area contributed by atoms with Crippen molar-refractivity contribution in [1.29, 1.82) is 0 Å². The van der Waals surface area contributed by atoms with Gasteiger partial charge in [-0.05, 0) is 20.8 Å². The summed E-state index contributed by atoms with van der Waals surface area (Å²) < 4.78 is 30.3. The monoisotopic (exact) mass is 308 g/mol. The van der Waals surface area contributed by atoms with E-state index in [2.05, 4.69) is 4.74 Å². The summed E-state index contributed by atoms with van der Waals surface area (Å²) in [5.41, 5.74) is -0.805. The third-order valence-electron chi connectivity index (χ3n) is 3.28. The molecular formula is C12H24N2O5S. The zero-order chi connectivity index (χ0) is 15.6. The molecule has 0 aliphatic carbocycles. The topological polar surface area (TPSA) is 87.2 Å². The number of sulfonamides is 1. The molecule has 0 spiro atoms. The van der Waals surface area contributed by atoms with Crippen molar-refractivity contribution < 1.29 is 23.1 Å². The molecular weight excluding hydrogens is 284 g/mol. The smallest absolute Gasteiger partial charge is 0.325 e. The molecule has 1 fully saturated rings. The highest BCUT2D eigenvalue weighted by Gasteiger charge is 2.36. The van der Waals surface area contributed by atoms with Crippen molar-refractivity contribution in [3.05, 3.63) is 0 Å². The van der Waals surface area contributed by atoms with Crippen molar-refractivity contribution in [3.8, 4) is 0 Å². The van der Waals surface area contributed by atoms with Gasteiger partial charge in [-0.3, -0.25) is 9.69 Å². The first-order chi connectivity index (χ1) is 9.08. The van der Waals surface area contributed by atoms with Gasteiger partial charge in [-0.15, -0.1) is 0 Å². The summed E-state index contributed by atoms with van der Waals surface area (Å²) in [6.07, 6.45) is 0. The third-order valence-corrected chi connectivity index (χ3v) is 5.45. The lowest BCUT2D eigenvalue weighted by Crippen LogP contribution is -2.54. The number of hydrogen-bond acceptors (Lipinski definition) is 6. The molecule has 1 unspecified atom stereocenters. The SMILES string of the molecule is COC(=O)C(C)S(=O)(=O)N1CCN(CC(C)(C)O)CC1. The normalized spacial score (nSPS) is 20.6. The van der Waals surface area contributed by atoms with E-state index in [0.29, 0.717) is 32.7 Å². The van der Waals surface area contributed by atoms with Crippen LogP contribution < -0.4 is 0 Å². The molecule has 1 aliphatic heterocycles. The Morgan fingerprint density at radius 2 is 1.80 bits per heavy atom. The molecule has 0 bridgehead atoms. The second-order valence-electron chi connectivity index (χ2n) is 5.70. The highest BCUT2D eigenvalue weighted by atomic mass is 32.2. The molecule has 7 nitrogen and oxygen atoms in total. The number of carbonyl (C=O) groups excluding carboxylic acids is 1. The molecule has 1 saturated heterocycles. The van der Waals surface area contributed by atoms with Crippen molar-refractivity contribution in [2.45, 2.75) is 31.6 Å². The second-order valence-corrected chi connectivity index (χ2v) is 7.95. The lowest BCUT2D eigenvalue weighted by atomic mass is 10.1. The zero-order valence-corrected chi connectivity index (χ0v) is 13.3. The third kappa shape index (κ3) is 4.41. The quantitative estimate of drug-likeness (QED) is 0.674. The summed E-state index contributed by atoms with van der Waals surface area (Å²) in [4.78, 5) is 13.4.